The Balaban J connectivity index is 2.14. The molecule has 1 aliphatic heterocycles. The second-order valence-corrected chi connectivity index (χ2v) is 5.09. The highest BCUT2D eigenvalue weighted by atomic mass is 16.2. The summed E-state index contributed by atoms with van der Waals surface area (Å²) in [6, 6.07) is 18.6. The fourth-order valence-corrected chi connectivity index (χ4v) is 3.09. The van der Waals surface area contributed by atoms with Crippen LogP contribution in [0.2, 0.25) is 0 Å². The number of hydrogen-bond donors (Lipinski definition) is 0. The van der Waals surface area contributed by atoms with Crippen molar-refractivity contribution in [2.75, 3.05) is 4.90 Å². The van der Waals surface area contributed by atoms with Gasteiger partial charge < -0.3 is 4.90 Å². The van der Waals surface area contributed by atoms with Crippen LogP contribution in [0.1, 0.15) is 36.9 Å². The molecule has 3 rings (SSSR count). The van der Waals surface area contributed by atoms with Crippen molar-refractivity contribution in [1.29, 1.82) is 0 Å². The minimum Gasteiger partial charge on any atom is -0.304 e. The van der Waals surface area contributed by atoms with Gasteiger partial charge in [-0.1, -0.05) is 55.5 Å². The molecule has 0 saturated carbocycles. The minimum atomic E-state index is 0.102. The van der Waals surface area contributed by atoms with Gasteiger partial charge in [0.25, 0.3) is 0 Å². The van der Waals surface area contributed by atoms with Gasteiger partial charge in [-0.25, -0.2) is 0 Å². The van der Waals surface area contributed by atoms with E-state index < -0.39 is 0 Å². The second kappa shape index (κ2) is 4.54. The minimum absolute atomic E-state index is 0.102. The van der Waals surface area contributed by atoms with E-state index in [1.807, 2.05) is 41.3 Å². The SMILES string of the molecule is CC(=O)N1c2ccccc2[C@H](C)[C@@H]1c1ccccc1. The summed E-state index contributed by atoms with van der Waals surface area (Å²) in [6.07, 6.45) is 0. The van der Waals surface area contributed by atoms with E-state index in [0.717, 1.165) is 5.69 Å². The predicted octanol–water partition coefficient (Wildman–Crippen LogP) is 3.90. The number of hydrogen-bond acceptors (Lipinski definition) is 1. The third-order valence-corrected chi connectivity index (χ3v) is 3.92. The predicted molar refractivity (Wildman–Crippen MR) is 77.2 cm³/mol. The molecule has 2 atom stereocenters. The van der Waals surface area contributed by atoms with Crippen molar-refractivity contribution >= 4 is 11.6 Å². The Morgan fingerprint density at radius 1 is 1.00 bits per heavy atom. The van der Waals surface area contributed by atoms with Crippen LogP contribution in [0.15, 0.2) is 54.6 Å². The lowest BCUT2D eigenvalue weighted by Gasteiger charge is -2.27. The monoisotopic (exact) mass is 251 g/mol. The van der Waals surface area contributed by atoms with Gasteiger partial charge in [0.1, 0.15) is 0 Å². The van der Waals surface area contributed by atoms with Crippen molar-refractivity contribution in [3.05, 3.63) is 65.7 Å². The summed E-state index contributed by atoms with van der Waals surface area (Å²) in [5, 5.41) is 0. The first-order chi connectivity index (χ1) is 9.20. The van der Waals surface area contributed by atoms with Crippen molar-refractivity contribution in [2.45, 2.75) is 25.8 Å². The average Bonchev–Trinajstić information content (AvgIpc) is 2.74. The van der Waals surface area contributed by atoms with Crippen LogP contribution in [-0.4, -0.2) is 5.91 Å². The highest BCUT2D eigenvalue weighted by molar-refractivity contribution is 5.95. The molecule has 0 fully saturated rings. The third-order valence-electron chi connectivity index (χ3n) is 3.92. The van der Waals surface area contributed by atoms with E-state index in [4.69, 9.17) is 0 Å². The Kier molecular flexibility index (Phi) is 2.86. The third kappa shape index (κ3) is 1.84. The molecular formula is C17H17NO. The summed E-state index contributed by atoms with van der Waals surface area (Å²) >= 11 is 0. The first-order valence-electron chi connectivity index (χ1n) is 6.64. The number of fused-ring (bicyclic) bond motifs is 1. The van der Waals surface area contributed by atoms with Crippen molar-refractivity contribution < 1.29 is 4.79 Å². The lowest BCUT2D eigenvalue weighted by Crippen LogP contribution is -2.30. The molecule has 1 amide bonds. The number of carbonyl (C=O) groups excluding carboxylic acids is 1. The Bertz CT molecular complexity index is 606. The maximum Gasteiger partial charge on any atom is 0.224 e. The van der Waals surface area contributed by atoms with Crippen LogP contribution in [0, 0.1) is 0 Å². The van der Waals surface area contributed by atoms with Gasteiger partial charge in [0.15, 0.2) is 0 Å². The number of rotatable bonds is 1. The molecule has 2 heteroatoms. The maximum atomic E-state index is 12.1. The van der Waals surface area contributed by atoms with Crippen molar-refractivity contribution in [3.8, 4) is 0 Å². The van der Waals surface area contributed by atoms with Crippen LogP contribution < -0.4 is 4.90 Å². The second-order valence-electron chi connectivity index (χ2n) is 5.09. The lowest BCUT2D eigenvalue weighted by atomic mass is 9.92. The van der Waals surface area contributed by atoms with E-state index in [0.29, 0.717) is 5.92 Å². The molecule has 2 nitrogen and oxygen atoms in total. The van der Waals surface area contributed by atoms with Crippen LogP contribution in [0.3, 0.4) is 0 Å². The Morgan fingerprint density at radius 2 is 1.63 bits per heavy atom. The van der Waals surface area contributed by atoms with E-state index in [9.17, 15) is 4.79 Å². The Labute approximate surface area is 113 Å². The summed E-state index contributed by atoms with van der Waals surface area (Å²) < 4.78 is 0. The van der Waals surface area contributed by atoms with Gasteiger partial charge >= 0.3 is 0 Å². The molecule has 0 bridgehead atoms. The van der Waals surface area contributed by atoms with Gasteiger partial charge in [0.2, 0.25) is 5.91 Å². The van der Waals surface area contributed by atoms with Crippen LogP contribution in [0.25, 0.3) is 0 Å². The number of amides is 1. The van der Waals surface area contributed by atoms with Crippen LogP contribution in [0.5, 0.6) is 0 Å². The Hall–Kier alpha value is -2.09. The first kappa shape index (κ1) is 12.0. The topological polar surface area (TPSA) is 20.3 Å². The number of para-hydroxylation sites is 1. The highest BCUT2D eigenvalue weighted by Gasteiger charge is 2.38. The molecule has 0 N–H and O–H groups in total. The summed E-state index contributed by atoms with van der Waals surface area (Å²) in [6.45, 7) is 3.84. The number of nitrogens with zero attached hydrogens (tertiary/aromatic N) is 1. The normalized spacial score (nSPS) is 21.3. The molecular weight excluding hydrogens is 234 g/mol. The van der Waals surface area contributed by atoms with E-state index in [1.165, 1.54) is 11.1 Å². The maximum absolute atomic E-state index is 12.1. The van der Waals surface area contributed by atoms with E-state index in [-0.39, 0.29) is 11.9 Å². The van der Waals surface area contributed by atoms with Crippen LogP contribution >= 0.6 is 0 Å². The van der Waals surface area contributed by atoms with Gasteiger partial charge in [0.05, 0.1) is 6.04 Å². The molecule has 2 aromatic rings. The molecule has 1 aliphatic rings. The quantitative estimate of drug-likeness (QED) is 0.752. The summed E-state index contributed by atoms with van der Waals surface area (Å²) in [5.74, 6) is 0.424. The molecule has 0 radical (unpaired) electrons. The van der Waals surface area contributed by atoms with Crippen molar-refractivity contribution in [2.24, 2.45) is 0 Å². The molecule has 0 saturated heterocycles. The summed E-state index contributed by atoms with van der Waals surface area (Å²) in [5.41, 5.74) is 3.50. The molecule has 19 heavy (non-hydrogen) atoms. The first-order valence-corrected chi connectivity index (χ1v) is 6.64. The smallest absolute Gasteiger partial charge is 0.224 e. The number of carbonyl (C=O) groups is 1. The standard InChI is InChI=1S/C17H17NO/c1-12-15-10-6-7-11-16(15)18(13(2)19)17(12)14-8-4-3-5-9-14/h3-12,17H,1-2H3/t12-,17+/m0/s1. The summed E-state index contributed by atoms with van der Waals surface area (Å²) in [4.78, 5) is 14.0. The van der Waals surface area contributed by atoms with E-state index >= 15 is 0 Å². The summed E-state index contributed by atoms with van der Waals surface area (Å²) in [7, 11) is 0. The number of benzene rings is 2. The van der Waals surface area contributed by atoms with Gasteiger partial charge in [-0.05, 0) is 17.2 Å². The van der Waals surface area contributed by atoms with Crippen LogP contribution in [-0.2, 0) is 4.79 Å². The fourth-order valence-electron chi connectivity index (χ4n) is 3.09. The largest absolute Gasteiger partial charge is 0.304 e. The molecule has 0 spiro atoms. The number of anilines is 1. The molecule has 0 unspecified atom stereocenters. The fraction of sp³-hybridized carbons (Fsp3) is 0.235. The Morgan fingerprint density at radius 3 is 2.32 bits per heavy atom. The van der Waals surface area contributed by atoms with Gasteiger partial charge in [-0.15, -0.1) is 0 Å². The molecule has 0 aromatic heterocycles. The van der Waals surface area contributed by atoms with Crippen molar-refractivity contribution in [1.82, 2.24) is 0 Å². The molecule has 96 valence electrons. The van der Waals surface area contributed by atoms with Gasteiger partial charge in [0, 0.05) is 18.5 Å². The van der Waals surface area contributed by atoms with E-state index in [1.54, 1.807) is 6.92 Å². The average molecular weight is 251 g/mol. The molecule has 1 heterocycles. The van der Waals surface area contributed by atoms with Gasteiger partial charge in [-0.3, -0.25) is 4.79 Å². The zero-order valence-electron chi connectivity index (χ0n) is 11.2. The zero-order valence-corrected chi connectivity index (χ0v) is 11.2. The van der Waals surface area contributed by atoms with Crippen LogP contribution in [0.4, 0.5) is 5.69 Å². The highest BCUT2D eigenvalue weighted by Crippen LogP contribution is 2.48. The lowest BCUT2D eigenvalue weighted by molar-refractivity contribution is -0.117. The molecule has 2 aromatic carbocycles. The van der Waals surface area contributed by atoms with Gasteiger partial charge in [-0.2, -0.15) is 0 Å². The van der Waals surface area contributed by atoms with Crippen molar-refractivity contribution in [3.63, 3.8) is 0 Å². The molecule has 0 aliphatic carbocycles. The van der Waals surface area contributed by atoms with E-state index in [2.05, 4.69) is 25.1 Å². The zero-order chi connectivity index (χ0) is 13.4.